The molecule has 198 valence electrons. The van der Waals surface area contributed by atoms with Crippen LogP contribution < -0.4 is 5.63 Å². The molecule has 0 aliphatic heterocycles. The largest absolute Gasteiger partial charge is 0.408 e. The standard InChI is InChI=1S/C30H40ClNO3.CH4/c1-29-15-13-25-22(9-6-19-16-21(33)12-14-30(19,25)2)24(29)10-7-18(29)4-3-5-27-32-26-11-8-20(31)17-23(26)28(34)35-27;/h8,11,17-19,21-22,24-25,33H,3-7,9-10,12-16H2,1-2H3;1H4/t18?,19?,21-,22?,24?,25?,29?,30?;/m1./s1. The fourth-order valence-electron chi connectivity index (χ4n) is 9.51. The number of rotatable bonds is 4. The molecule has 1 aromatic heterocycles. The summed E-state index contributed by atoms with van der Waals surface area (Å²) in [4.78, 5) is 17.0. The molecule has 0 spiro atoms. The van der Waals surface area contributed by atoms with Gasteiger partial charge in [0.25, 0.3) is 0 Å². The average molecular weight is 514 g/mol. The topological polar surface area (TPSA) is 63.3 Å². The molecule has 0 saturated heterocycles. The van der Waals surface area contributed by atoms with Gasteiger partial charge < -0.3 is 9.52 Å². The van der Waals surface area contributed by atoms with Crippen LogP contribution in [0.15, 0.2) is 27.4 Å². The van der Waals surface area contributed by atoms with Crippen LogP contribution in [-0.2, 0) is 6.42 Å². The lowest BCUT2D eigenvalue weighted by molar-refractivity contribution is -0.127. The first kappa shape index (κ1) is 26.2. The van der Waals surface area contributed by atoms with Crippen molar-refractivity contribution in [3.8, 4) is 0 Å². The van der Waals surface area contributed by atoms with Gasteiger partial charge in [-0.15, -0.1) is 0 Å². The molecular formula is C31H44ClNO3. The van der Waals surface area contributed by atoms with Crippen LogP contribution in [0.2, 0.25) is 5.02 Å². The average Bonchev–Trinajstić information content (AvgIpc) is 3.16. The molecule has 2 aromatic rings. The molecule has 1 N–H and O–H groups in total. The molecule has 5 heteroatoms. The molecule has 4 aliphatic rings. The van der Waals surface area contributed by atoms with Gasteiger partial charge in [0, 0.05) is 11.4 Å². The summed E-state index contributed by atoms with van der Waals surface area (Å²) < 4.78 is 5.54. The lowest BCUT2D eigenvalue weighted by Crippen LogP contribution is -2.53. The van der Waals surface area contributed by atoms with Gasteiger partial charge in [-0.2, -0.15) is 0 Å². The van der Waals surface area contributed by atoms with Crippen molar-refractivity contribution in [3.05, 3.63) is 39.5 Å². The van der Waals surface area contributed by atoms with Gasteiger partial charge in [0.05, 0.1) is 17.0 Å². The smallest absolute Gasteiger partial charge is 0.346 e. The van der Waals surface area contributed by atoms with E-state index in [1.54, 1.807) is 18.2 Å². The van der Waals surface area contributed by atoms with Gasteiger partial charge in [-0.3, -0.25) is 0 Å². The second-order valence-electron chi connectivity index (χ2n) is 12.9. The molecule has 1 aromatic carbocycles. The van der Waals surface area contributed by atoms with E-state index in [9.17, 15) is 9.90 Å². The zero-order chi connectivity index (χ0) is 24.4. The minimum atomic E-state index is -0.335. The van der Waals surface area contributed by atoms with Crippen LogP contribution in [0.3, 0.4) is 0 Å². The maximum Gasteiger partial charge on any atom is 0.346 e. The highest BCUT2D eigenvalue weighted by molar-refractivity contribution is 6.31. The molecule has 36 heavy (non-hydrogen) atoms. The zero-order valence-electron chi connectivity index (χ0n) is 21.3. The molecule has 1 heterocycles. The van der Waals surface area contributed by atoms with Crippen LogP contribution in [0.25, 0.3) is 10.9 Å². The highest BCUT2D eigenvalue weighted by Crippen LogP contribution is 2.67. The predicted molar refractivity (Wildman–Crippen MR) is 146 cm³/mol. The Balaban J connectivity index is 0.00000267. The second kappa shape index (κ2) is 9.73. The maximum absolute atomic E-state index is 12.4. The van der Waals surface area contributed by atoms with E-state index in [2.05, 4.69) is 18.8 Å². The Kier molecular flexibility index (Phi) is 7.09. The summed E-state index contributed by atoms with van der Waals surface area (Å²) >= 11 is 6.03. The van der Waals surface area contributed by atoms with Crippen molar-refractivity contribution < 1.29 is 9.52 Å². The number of nitrogens with zero attached hydrogens (tertiary/aromatic N) is 1. The van der Waals surface area contributed by atoms with Crippen LogP contribution in [0.1, 0.15) is 97.8 Å². The Morgan fingerprint density at radius 3 is 2.67 bits per heavy atom. The summed E-state index contributed by atoms with van der Waals surface area (Å²) in [7, 11) is 0. The van der Waals surface area contributed by atoms with E-state index in [1.165, 1.54) is 51.4 Å². The number of aliphatic hydroxyl groups excluding tert-OH is 1. The quantitative estimate of drug-likeness (QED) is 0.452. The molecule has 4 saturated carbocycles. The van der Waals surface area contributed by atoms with Crippen molar-refractivity contribution >= 4 is 22.5 Å². The van der Waals surface area contributed by atoms with Gasteiger partial charge in [-0.05, 0) is 129 Å². The SMILES string of the molecule is C.CC12CCC3C(CCC4C[C@H](O)CCC43C)C1CCC2CCCc1nc2ccc(Cl)cc2c(=O)o1. The molecule has 4 fully saturated rings. The summed E-state index contributed by atoms with van der Waals surface area (Å²) in [6.45, 7) is 5.18. The van der Waals surface area contributed by atoms with E-state index in [0.717, 1.165) is 55.3 Å². The van der Waals surface area contributed by atoms with Gasteiger partial charge in [-0.1, -0.05) is 32.9 Å². The Hall–Kier alpha value is -1.39. The number of aryl methyl sites for hydroxylation is 1. The Bertz CT molecular complexity index is 1160. The van der Waals surface area contributed by atoms with Crippen molar-refractivity contribution in [3.63, 3.8) is 0 Å². The Morgan fingerprint density at radius 1 is 1.06 bits per heavy atom. The highest BCUT2D eigenvalue weighted by atomic mass is 35.5. The van der Waals surface area contributed by atoms with Crippen LogP contribution in [0.4, 0.5) is 0 Å². The molecular weight excluding hydrogens is 470 g/mol. The Morgan fingerprint density at radius 2 is 1.83 bits per heavy atom. The molecule has 0 amide bonds. The summed E-state index contributed by atoms with van der Waals surface area (Å²) in [6.07, 6.45) is 14.3. The van der Waals surface area contributed by atoms with E-state index in [-0.39, 0.29) is 19.2 Å². The lowest BCUT2D eigenvalue weighted by Gasteiger charge is -2.61. The first-order valence-electron chi connectivity index (χ1n) is 14.1. The molecule has 8 atom stereocenters. The molecule has 0 radical (unpaired) electrons. The first-order chi connectivity index (χ1) is 16.8. The lowest BCUT2D eigenvalue weighted by atomic mass is 9.44. The third kappa shape index (κ3) is 4.25. The summed E-state index contributed by atoms with van der Waals surface area (Å²) in [5.41, 5.74) is 1.24. The summed E-state index contributed by atoms with van der Waals surface area (Å²) in [5, 5.41) is 11.3. The van der Waals surface area contributed by atoms with E-state index >= 15 is 0 Å². The van der Waals surface area contributed by atoms with E-state index in [1.807, 2.05) is 0 Å². The maximum atomic E-state index is 12.4. The molecule has 4 aliphatic carbocycles. The third-order valence-corrected chi connectivity index (χ3v) is 11.6. The van der Waals surface area contributed by atoms with Crippen molar-refractivity contribution in [2.24, 2.45) is 40.4 Å². The van der Waals surface area contributed by atoms with Gasteiger partial charge in [0.1, 0.15) is 0 Å². The number of benzene rings is 1. The molecule has 4 nitrogen and oxygen atoms in total. The minimum absolute atomic E-state index is 0. The minimum Gasteiger partial charge on any atom is -0.408 e. The van der Waals surface area contributed by atoms with Crippen LogP contribution in [0, 0.1) is 40.4 Å². The van der Waals surface area contributed by atoms with E-state index in [0.29, 0.717) is 32.6 Å². The number of aliphatic hydroxyl groups is 1. The zero-order valence-corrected chi connectivity index (χ0v) is 22.0. The summed E-state index contributed by atoms with van der Waals surface area (Å²) in [5.74, 6) is 4.64. The van der Waals surface area contributed by atoms with Crippen LogP contribution in [0.5, 0.6) is 0 Å². The van der Waals surface area contributed by atoms with Crippen molar-refractivity contribution in [1.82, 2.24) is 4.98 Å². The third-order valence-electron chi connectivity index (χ3n) is 11.4. The number of halogens is 1. The number of fused-ring (bicyclic) bond motifs is 6. The van der Waals surface area contributed by atoms with Gasteiger partial charge in [-0.25, -0.2) is 9.78 Å². The normalized spacial score (nSPS) is 39.7. The fourth-order valence-corrected chi connectivity index (χ4v) is 9.69. The van der Waals surface area contributed by atoms with E-state index < -0.39 is 0 Å². The first-order valence-corrected chi connectivity index (χ1v) is 14.4. The number of aromatic nitrogens is 1. The van der Waals surface area contributed by atoms with Crippen molar-refractivity contribution in [2.45, 2.75) is 104 Å². The van der Waals surface area contributed by atoms with E-state index in [4.69, 9.17) is 16.0 Å². The second-order valence-corrected chi connectivity index (χ2v) is 13.3. The van der Waals surface area contributed by atoms with Crippen molar-refractivity contribution in [2.75, 3.05) is 0 Å². The predicted octanol–water partition coefficient (Wildman–Crippen LogP) is 7.82. The molecule has 6 rings (SSSR count). The monoisotopic (exact) mass is 513 g/mol. The molecule has 7 unspecified atom stereocenters. The van der Waals surface area contributed by atoms with Gasteiger partial charge >= 0.3 is 5.63 Å². The summed E-state index contributed by atoms with van der Waals surface area (Å²) in [6, 6.07) is 5.22. The number of hydrogen-bond donors (Lipinski definition) is 1. The van der Waals surface area contributed by atoms with Gasteiger partial charge in [0.15, 0.2) is 5.89 Å². The van der Waals surface area contributed by atoms with Crippen LogP contribution in [-0.4, -0.2) is 16.2 Å². The van der Waals surface area contributed by atoms with Crippen molar-refractivity contribution in [1.29, 1.82) is 0 Å². The number of hydrogen-bond acceptors (Lipinski definition) is 4. The molecule has 0 bridgehead atoms. The highest BCUT2D eigenvalue weighted by Gasteiger charge is 2.59. The fraction of sp³-hybridized carbons (Fsp3) is 0.742. The van der Waals surface area contributed by atoms with Crippen LogP contribution >= 0.6 is 11.6 Å². The van der Waals surface area contributed by atoms with Gasteiger partial charge in [0.2, 0.25) is 0 Å². The Labute approximate surface area is 221 Å².